The first-order chi connectivity index (χ1) is 21.0. The number of hydrogen-bond donors (Lipinski definition) is 2. The molecule has 0 atom stereocenters. The van der Waals surface area contributed by atoms with Crippen LogP contribution in [0.5, 0.6) is 11.5 Å². The van der Waals surface area contributed by atoms with Crippen LogP contribution in [-0.2, 0) is 39.2 Å². The number of hydrogen-bond acceptors (Lipinski definition) is 6. The summed E-state index contributed by atoms with van der Waals surface area (Å²) >= 11 is 0. The summed E-state index contributed by atoms with van der Waals surface area (Å²) in [5.74, 6) is 0.209. The number of amides is 1. The standard InChI is InChI=1S/C32H35F2N5O5S/c1-19(16-35-45(41,42)28-18-38(6)20(2)36-28)17-39-24-9-8-23(13-21(24)14-27(39)30(3,4)5)37-29(40)31(11-12-31)22-7-10-25-26(15-22)44-32(33,34)43-25/h7-10,13-15,18,35H,1,11-12,16-17H2,2-6H3,(H,37,40). The monoisotopic (exact) mass is 639 g/mol. The van der Waals surface area contributed by atoms with Gasteiger partial charge in [-0.2, -0.15) is 0 Å². The number of aromatic nitrogens is 3. The number of sulfonamides is 1. The van der Waals surface area contributed by atoms with Crippen molar-refractivity contribution >= 4 is 32.5 Å². The lowest BCUT2D eigenvalue weighted by molar-refractivity contribution is -0.286. The van der Waals surface area contributed by atoms with E-state index in [4.69, 9.17) is 0 Å². The first-order valence-corrected chi connectivity index (χ1v) is 16.0. The van der Waals surface area contributed by atoms with Crippen LogP contribution in [0.2, 0.25) is 0 Å². The van der Waals surface area contributed by atoms with Crippen molar-refractivity contribution in [2.75, 3.05) is 11.9 Å². The number of rotatable bonds is 9. The molecule has 1 aliphatic carbocycles. The maximum absolute atomic E-state index is 13.5. The minimum absolute atomic E-state index is 0.0366. The number of fused-ring (bicyclic) bond motifs is 2. The zero-order valence-electron chi connectivity index (χ0n) is 25.7. The summed E-state index contributed by atoms with van der Waals surface area (Å²) in [6, 6.07) is 12.2. The van der Waals surface area contributed by atoms with Gasteiger partial charge in [-0.25, -0.2) is 18.1 Å². The van der Waals surface area contributed by atoms with Gasteiger partial charge in [-0.3, -0.25) is 4.79 Å². The van der Waals surface area contributed by atoms with Crippen molar-refractivity contribution in [3.8, 4) is 11.5 Å². The smallest absolute Gasteiger partial charge is 0.395 e. The number of ether oxygens (including phenoxy) is 2. The van der Waals surface area contributed by atoms with Crippen LogP contribution >= 0.6 is 0 Å². The minimum Gasteiger partial charge on any atom is -0.395 e. The number of nitrogens with zero attached hydrogens (tertiary/aromatic N) is 3. The Balaban J connectivity index is 1.20. The summed E-state index contributed by atoms with van der Waals surface area (Å²) in [5.41, 5.74) is 2.68. The lowest BCUT2D eigenvalue weighted by Crippen LogP contribution is -2.28. The lowest BCUT2D eigenvalue weighted by Gasteiger charge is -2.23. The van der Waals surface area contributed by atoms with E-state index in [-0.39, 0.29) is 34.4 Å². The molecule has 2 aliphatic rings. The summed E-state index contributed by atoms with van der Waals surface area (Å²) in [5, 5.41) is 3.87. The number of benzene rings is 2. The van der Waals surface area contributed by atoms with Crippen molar-refractivity contribution < 1.29 is 31.5 Å². The third-order valence-corrected chi connectivity index (χ3v) is 9.59. The highest BCUT2D eigenvalue weighted by atomic mass is 32.2. The van der Waals surface area contributed by atoms with Gasteiger partial charge >= 0.3 is 6.29 Å². The Morgan fingerprint density at radius 3 is 2.44 bits per heavy atom. The number of anilines is 1. The van der Waals surface area contributed by atoms with Gasteiger partial charge in [-0.15, -0.1) is 8.78 Å². The Morgan fingerprint density at radius 1 is 1.09 bits per heavy atom. The van der Waals surface area contributed by atoms with Gasteiger partial charge in [0, 0.05) is 54.0 Å². The summed E-state index contributed by atoms with van der Waals surface area (Å²) in [4.78, 5) is 17.6. The van der Waals surface area contributed by atoms with E-state index in [1.54, 1.807) is 24.6 Å². The van der Waals surface area contributed by atoms with E-state index in [1.807, 2.05) is 18.2 Å². The van der Waals surface area contributed by atoms with Crippen LogP contribution < -0.4 is 19.5 Å². The van der Waals surface area contributed by atoms with E-state index >= 15 is 0 Å². The molecule has 2 aromatic heterocycles. The molecule has 0 bridgehead atoms. The maximum Gasteiger partial charge on any atom is 0.586 e. The summed E-state index contributed by atoms with van der Waals surface area (Å²) in [6.07, 6.45) is -1.10. The highest BCUT2D eigenvalue weighted by Crippen LogP contribution is 2.52. The molecule has 0 unspecified atom stereocenters. The molecule has 0 spiro atoms. The highest BCUT2D eigenvalue weighted by molar-refractivity contribution is 7.89. The molecule has 3 heterocycles. The minimum atomic E-state index is -3.81. The second kappa shape index (κ2) is 10.4. The van der Waals surface area contributed by atoms with Crippen molar-refractivity contribution in [3.63, 3.8) is 0 Å². The van der Waals surface area contributed by atoms with Gasteiger partial charge in [0.25, 0.3) is 10.0 Å². The molecule has 45 heavy (non-hydrogen) atoms. The molecule has 1 aliphatic heterocycles. The average molecular weight is 640 g/mol. The number of alkyl halides is 2. The number of carbonyl (C=O) groups excluding carboxylic acids is 1. The zero-order chi connectivity index (χ0) is 32.5. The van der Waals surface area contributed by atoms with E-state index in [0.717, 1.165) is 16.6 Å². The van der Waals surface area contributed by atoms with Crippen molar-refractivity contribution in [2.45, 2.75) is 69.2 Å². The molecule has 2 N–H and O–H groups in total. The van der Waals surface area contributed by atoms with Gasteiger partial charge in [0.05, 0.1) is 5.41 Å². The average Bonchev–Trinajstić information content (AvgIpc) is 3.45. The van der Waals surface area contributed by atoms with Crippen molar-refractivity contribution in [1.29, 1.82) is 0 Å². The first kappa shape index (κ1) is 30.8. The van der Waals surface area contributed by atoms with E-state index in [9.17, 15) is 22.0 Å². The number of halogens is 2. The van der Waals surface area contributed by atoms with Crippen LogP contribution in [0.4, 0.5) is 14.5 Å². The van der Waals surface area contributed by atoms with Crippen LogP contribution in [0.15, 0.2) is 65.8 Å². The van der Waals surface area contributed by atoms with Crippen LogP contribution in [-0.4, -0.2) is 41.3 Å². The third kappa shape index (κ3) is 5.82. The van der Waals surface area contributed by atoms with Gasteiger partial charge in [-0.1, -0.05) is 33.4 Å². The van der Waals surface area contributed by atoms with Crippen LogP contribution in [0.25, 0.3) is 10.9 Å². The Bertz CT molecular complexity index is 1950. The van der Waals surface area contributed by atoms with Crippen molar-refractivity contribution in [1.82, 2.24) is 18.8 Å². The van der Waals surface area contributed by atoms with Gasteiger partial charge in [0.15, 0.2) is 16.5 Å². The van der Waals surface area contributed by atoms with Gasteiger partial charge in [0.1, 0.15) is 5.82 Å². The molecule has 6 rings (SSSR count). The van der Waals surface area contributed by atoms with Gasteiger partial charge < -0.3 is 23.9 Å². The summed E-state index contributed by atoms with van der Waals surface area (Å²) in [7, 11) is -2.07. The van der Waals surface area contributed by atoms with Gasteiger partial charge in [0.2, 0.25) is 5.91 Å². The fourth-order valence-electron chi connectivity index (χ4n) is 5.62. The molecular formula is C32H35F2N5O5S. The molecular weight excluding hydrogens is 604 g/mol. The number of aryl methyl sites for hydroxylation is 2. The molecule has 10 nitrogen and oxygen atoms in total. The fourth-order valence-corrected chi connectivity index (χ4v) is 6.71. The van der Waals surface area contributed by atoms with Gasteiger partial charge in [-0.05, 0) is 67.3 Å². The zero-order valence-corrected chi connectivity index (χ0v) is 26.5. The molecule has 1 amide bonds. The van der Waals surface area contributed by atoms with E-state index in [2.05, 4.69) is 62.5 Å². The first-order valence-electron chi connectivity index (χ1n) is 14.5. The SMILES string of the molecule is C=C(CNS(=O)(=O)c1cn(C)c(C)n1)Cn1c(C(C)(C)C)cc2cc(NC(=O)C3(c4ccc5c(c4)OC(F)(F)O5)CC3)ccc21. The summed E-state index contributed by atoms with van der Waals surface area (Å²) < 4.78 is 68.1. The van der Waals surface area contributed by atoms with Crippen LogP contribution in [0.1, 0.15) is 50.7 Å². The van der Waals surface area contributed by atoms with E-state index in [0.29, 0.717) is 42.0 Å². The molecule has 1 fully saturated rings. The molecule has 238 valence electrons. The summed E-state index contributed by atoms with van der Waals surface area (Å²) in [6.45, 7) is 12.6. The molecule has 0 radical (unpaired) electrons. The van der Waals surface area contributed by atoms with Crippen molar-refractivity contribution in [3.05, 3.63) is 77.9 Å². The second-order valence-corrected chi connectivity index (χ2v) is 14.5. The molecule has 4 aromatic rings. The number of carbonyl (C=O) groups is 1. The van der Waals surface area contributed by atoms with E-state index in [1.165, 1.54) is 18.3 Å². The third-order valence-electron chi connectivity index (χ3n) is 8.32. The topological polar surface area (TPSA) is 116 Å². The highest BCUT2D eigenvalue weighted by Gasteiger charge is 2.52. The molecule has 2 aromatic carbocycles. The Morgan fingerprint density at radius 2 is 1.80 bits per heavy atom. The van der Waals surface area contributed by atoms with E-state index < -0.39 is 21.7 Å². The fraction of sp³-hybridized carbons (Fsp3) is 0.375. The van der Waals surface area contributed by atoms with Crippen LogP contribution in [0.3, 0.4) is 0 Å². The number of imidazole rings is 1. The normalized spacial score (nSPS) is 16.6. The van der Waals surface area contributed by atoms with Crippen LogP contribution in [0, 0.1) is 6.92 Å². The van der Waals surface area contributed by atoms with Crippen molar-refractivity contribution in [2.24, 2.45) is 7.05 Å². The quantitative estimate of drug-likeness (QED) is 0.234. The molecule has 13 heteroatoms. The predicted molar refractivity (Wildman–Crippen MR) is 165 cm³/mol. The maximum atomic E-state index is 13.5. The largest absolute Gasteiger partial charge is 0.586 e. The molecule has 0 saturated heterocycles. The Kier molecular flexibility index (Phi) is 7.12. The Labute approximate surface area is 260 Å². The number of nitrogens with one attached hydrogen (secondary N) is 2. The second-order valence-electron chi connectivity index (χ2n) is 12.8. The Hall–Kier alpha value is -4.23. The molecule has 1 saturated carbocycles. The lowest BCUT2D eigenvalue weighted by atomic mass is 9.92. The predicted octanol–water partition coefficient (Wildman–Crippen LogP) is 5.51.